The van der Waals surface area contributed by atoms with Crippen LogP contribution in [0.2, 0.25) is 0 Å². The van der Waals surface area contributed by atoms with Gasteiger partial charge in [0.1, 0.15) is 12.1 Å². The molecule has 1 amide bonds. The summed E-state index contributed by atoms with van der Waals surface area (Å²) >= 11 is 0. The molecule has 0 unspecified atom stereocenters. The zero-order valence-corrected chi connectivity index (χ0v) is 12.0. The highest BCUT2D eigenvalue weighted by Crippen LogP contribution is 2.18. The lowest BCUT2D eigenvalue weighted by Crippen LogP contribution is -2.37. The number of aromatic nitrogens is 2. The molecule has 0 N–H and O–H groups in total. The van der Waals surface area contributed by atoms with Gasteiger partial charge < -0.3 is 9.64 Å². The fourth-order valence-corrected chi connectivity index (χ4v) is 2.55. The van der Waals surface area contributed by atoms with Crippen molar-refractivity contribution in [3.63, 3.8) is 0 Å². The highest BCUT2D eigenvalue weighted by molar-refractivity contribution is 5.79. The van der Waals surface area contributed by atoms with E-state index in [2.05, 4.69) is 9.97 Å². The maximum atomic E-state index is 12.4. The van der Waals surface area contributed by atoms with E-state index in [0.717, 1.165) is 29.0 Å². The van der Waals surface area contributed by atoms with Crippen LogP contribution in [-0.2, 0) is 24.2 Å². The second kappa shape index (κ2) is 5.91. The molecule has 0 saturated carbocycles. The SMILES string of the molecule is COc1cccc(CC(=O)N2CCc3ncncc3C2)c1. The van der Waals surface area contributed by atoms with Gasteiger partial charge in [-0.25, -0.2) is 9.97 Å². The van der Waals surface area contributed by atoms with Gasteiger partial charge in [-0.15, -0.1) is 0 Å². The Morgan fingerprint density at radius 2 is 2.33 bits per heavy atom. The van der Waals surface area contributed by atoms with Crippen LogP contribution in [0.15, 0.2) is 36.8 Å². The summed E-state index contributed by atoms with van der Waals surface area (Å²) in [7, 11) is 1.63. The minimum absolute atomic E-state index is 0.123. The second-order valence-electron chi connectivity index (χ2n) is 5.09. The quantitative estimate of drug-likeness (QED) is 0.859. The molecule has 0 atom stereocenters. The fraction of sp³-hybridized carbons (Fsp3) is 0.312. The summed E-state index contributed by atoms with van der Waals surface area (Å²) in [5.74, 6) is 0.899. The van der Waals surface area contributed by atoms with E-state index >= 15 is 0 Å². The summed E-state index contributed by atoms with van der Waals surface area (Å²) in [6.07, 6.45) is 4.54. The van der Waals surface area contributed by atoms with E-state index in [-0.39, 0.29) is 5.91 Å². The zero-order valence-electron chi connectivity index (χ0n) is 12.0. The predicted molar refractivity (Wildman–Crippen MR) is 77.9 cm³/mol. The third-order valence-corrected chi connectivity index (χ3v) is 3.70. The monoisotopic (exact) mass is 283 g/mol. The average molecular weight is 283 g/mol. The van der Waals surface area contributed by atoms with E-state index in [1.165, 1.54) is 0 Å². The highest BCUT2D eigenvalue weighted by Gasteiger charge is 2.21. The smallest absolute Gasteiger partial charge is 0.227 e. The number of fused-ring (bicyclic) bond motifs is 1. The molecule has 1 aliphatic rings. The molecule has 0 spiro atoms. The third kappa shape index (κ3) is 3.02. The summed E-state index contributed by atoms with van der Waals surface area (Å²) in [6.45, 7) is 1.31. The van der Waals surface area contributed by atoms with E-state index < -0.39 is 0 Å². The molecule has 2 aromatic rings. The molecule has 3 rings (SSSR count). The van der Waals surface area contributed by atoms with Gasteiger partial charge in [-0.3, -0.25) is 4.79 Å². The fourth-order valence-electron chi connectivity index (χ4n) is 2.55. The van der Waals surface area contributed by atoms with Gasteiger partial charge in [-0.1, -0.05) is 12.1 Å². The Balaban J connectivity index is 1.69. The number of rotatable bonds is 3. The molecule has 0 fully saturated rings. The Bertz CT molecular complexity index is 657. The summed E-state index contributed by atoms with van der Waals surface area (Å²) < 4.78 is 5.19. The molecule has 0 radical (unpaired) electrons. The molecule has 5 nitrogen and oxygen atoms in total. The van der Waals surface area contributed by atoms with E-state index in [1.54, 1.807) is 19.6 Å². The van der Waals surface area contributed by atoms with Gasteiger partial charge in [0.25, 0.3) is 0 Å². The summed E-state index contributed by atoms with van der Waals surface area (Å²) in [5.41, 5.74) is 3.06. The summed E-state index contributed by atoms with van der Waals surface area (Å²) in [6, 6.07) is 7.63. The minimum Gasteiger partial charge on any atom is -0.497 e. The van der Waals surface area contributed by atoms with Crippen molar-refractivity contribution in [3.05, 3.63) is 53.6 Å². The van der Waals surface area contributed by atoms with Crippen LogP contribution in [0.5, 0.6) is 5.75 Å². The lowest BCUT2D eigenvalue weighted by molar-refractivity contribution is -0.131. The lowest BCUT2D eigenvalue weighted by atomic mass is 10.1. The number of nitrogens with zero attached hydrogens (tertiary/aromatic N) is 3. The number of hydrogen-bond acceptors (Lipinski definition) is 4. The average Bonchev–Trinajstić information content (AvgIpc) is 2.54. The number of amides is 1. The second-order valence-corrected chi connectivity index (χ2v) is 5.09. The van der Waals surface area contributed by atoms with Gasteiger partial charge >= 0.3 is 0 Å². The van der Waals surface area contributed by atoms with Crippen molar-refractivity contribution in [3.8, 4) is 5.75 Å². The Hall–Kier alpha value is -2.43. The first-order valence-corrected chi connectivity index (χ1v) is 6.95. The number of hydrogen-bond donors (Lipinski definition) is 0. The van der Waals surface area contributed by atoms with Gasteiger partial charge in [-0.05, 0) is 17.7 Å². The van der Waals surface area contributed by atoms with Crippen molar-refractivity contribution in [1.82, 2.24) is 14.9 Å². The normalized spacial score (nSPS) is 13.7. The molecule has 1 aliphatic heterocycles. The van der Waals surface area contributed by atoms with E-state index in [1.807, 2.05) is 29.2 Å². The van der Waals surface area contributed by atoms with E-state index in [9.17, 15) is 4.79 Å². The maximum absolute atomic E-state index is 12.4. The molecule has 0 aliphatic carbocycles. The van der Waals surface area contributed by atoms with Crippen LogP contribution < -0.4 is 4.74 Å². The molecule has 0 saturated heterocycles. The van der Waals surface area contributed by atoms with Crippen LogP contribution in [-0.4, -0.2) is 34.4 Å². The number of carbonyl (C=O) groups is 1. The number of ether oxygens (including phenoxy) is 1. The van der Waals surface area contributed by atoms with Crippen molar-refractivity contribution in [2.75, 3.05) is 13.7 Å². The van der Waals surface area contributed by atoms with Crippen LogP contribution in [0.4, 0.5) is 0 Å². The molecule has 5 heteroatoms. The zero-order chi connectivity index (χ0) is 14.7. The van der Waals surface area contributed by atoms with Gasteiger partial charge in [0.15, 0.2) is 0 Å². The van der Waals surface area contributed by atoms with Gasteiger partial charge in [0.2, 0.25) is 5.91 Å². The Labute approximate surface area is 123 Å². The summed E-state index contributed by atoms with van der Waals surface area (Å²) in [4.78, 5) is 22.6. The van der Waals surface area contributed by atoms with Crippen LogP contribution in [0.1, 0.15) is 16.8 Å². The van der Waals surface area contributed by atoms with E-state index in [4.69, 9.17) is 4.74 Å². The number of carbonyl (C=O) groups excluding carboxylic acids is 1. The third-order valence-electron chi connectivity index (χ3n) is 3.70. The van der Waals surface area contributed by atoms with Crippen molar-refractivity contribution < 1.29 is 9.53 Å². The number of benzene rings is 1. The first-order valence-electron chi connectivity index (χ1n) is 6.95. The van der Waals surface area contributed by atoms with Gasteiger partial charge in [0.05, 0.1) is 19.2 Å². The van der Waals surface area contributed by atoms with Crippen LogP contribution in [0.25, 0.3) is 0 Å². The predicted octanol–water partition coefficient (Wildman–Crippen LogP) is 1.61. The molecule has 1 aromatic carbocycles. The number of methoxy groups -OCH3 is 1. The first kappa shape index (κ1) is 13.5. The highest BCUT2D eigenvalue weighted by atomic mass is 16.5. The van der Waals surface area contributed by atoms with Gasteiger partial charge in [-0.2, -0.15) is 0 Å². The molecule has 21 heavy (non-hydrogen) atoms. The molecule has 108 valence electrons. The topological polar surface area (TPSA) is 55.3 Å². The Morgan fingerprint density at radius 3 is 3.19 bits per heavy atom. The van der Waals surface area contributed by atoms with Crippen LogP contribution in [0, 0.1) is 0 Å². The van der Waals surface area contributed by atoms with Crippen molar-refractivity contribution in [2.24, 2.45) is 0 Å². The Morgan fingerprint density at radius 1 is 1.43 bits per heavy atom. The summed E-state index contributed by atoms with van der Waals surface area (Å²) in [5, 5.41) is 0. The largest absolute Gasteiger partial charge is 0.497 e. The van der Waals surface area contributed by atoms with Gasteiger partial charge in [0, 0.05) is 31.3 Å². The minimum atomic E-state index is 0.123. The van der Waals surface area contributed by atoms with Crippen molar-refractivity contribution in [2.45, 2.75) is 19.4 Å². The maximum Gasteiger partial charge on any atom is 0.227 e. The lowest BCUT2D eigenvalue weighted by Gasteiger charge is -2.28. The standard InChI is InChI=1S/C16H17N3O2/c1-21-14-4-2-3-12(7-14)8-16(20)19-6-5-15-13(10-19)9-17-11-18-15/h2-4,7,9,11H,5-6,8,10H2,1H3. The molecular formula is C16H17N3O2. The first-order chi connectivity index (χ1) is 10.3. The van der Waals surface area contributed by atoms with Crippen LogP contribution >= 0.6 is 0 Å². The molecular weight excluding hydrogens is 266 g/mol. The van der Waals surface area contributed by atoms with Crippen molar-refractivity contribution in [1.29, 1.82) is 0 Å². The van der Waals surface area contributed by atoms with Crippen molar-refractivity contribution >= 4 is 5.91 Å². The Kier molecular flexibility index (Phi) is 3.81. The molecule has 1 aromatic heterocycles. The molecule has 2 heterocycles. The van der Waals surface area contributed by atoms with E-state index in [0.29, 0.717) is 19.5 Å². The molecule has 0 bridgehead atoms. The van der Waals surface area contributed by atoms with Crippen LogP contribution in [0.3, 0.4) is 0 Å².